The van der Waals surface area contributed by atoms with Gasteiger partial charge in [0.2, 0.25) is 11.8 Å². The molecule has 2 aromatic carbocycles. The number of carbonyl (C=O) groups excluding carboxylic acids is 2. The number of amides is 2. The predicted molar refractivity (Wildman–Crippen MR) is 126 cm³/mol. The number of anilines is 2. The minimum absolute atomic E-state index is 0.00187. The molecule has 2 aliphatic heterocycles. The van der Waals surface area contributed by atoms with Crippen LogP contribution in [0.2, 0.25) is 0 Å². The molecule has 0 radical (unpaired) electrons. The lowest BCUT2D eigenvalue weighted by molar-refractivity contribution is -0.118. The van der Waals surface area contributed by atoms with Gasteiger partial charge in [0.25, 0.3) is 0 Å². The Morgan fingerprint density at radius 1 is 0.688 bits per heavy atom. The Labute approximate surface area is 189 Å². The van der Waals surface area contributed by atoms with Crippen molar-refractivity contribution in [3.8, 4) is 0 Å². The fourth-order valence-electron chi connectivity index (χ4n) is 4.15. The van der Waals surface area contributed by atoms with Crippen molar-refractivity contribution in [2.75, 3.05) is 63.1 Å². The highest BCUT2D eigenvalue weighted by molar-refractivity contribution is 5.92. The molecule has 0 spiro atoms. The van der Waals surface area contributed by atoms with E-state index in [0.717, 1.165) is 44.0 Å². The lowest BCUT2D eigenvalue weighted by Crippen LogP contribution is -2.41. The van der Waals surface area contributed by atoms with Crippen LogP contribution in [0.4, 0.5) is 11.4 Å². The fourth-order valence-corrected chi connectivity index (χ4v) is 4.15. The predicted octanol–water partition coefficient (Wildman–Crippen LogP) is 2.58. The summed E-state index contributed by atoms with van der Waals surface area (Å²) in [5, 5.41) is 5.95. The van der Waals surface area contributed by atoms with Gasteiger partial charge in [-0.2, -0.15) is 0 Å². The number of carbonyl (C=O) groups is 2. The summed E-state index contributed by atoms with van der Waals surface area (Å²) in [6.45, 7) is 5.87. The third kappa shape index (κ3) is 6.88. The zero-order valence-electron chi connectivity index (χ0n) is 18.5. The van der Waals surface area contributed by atoms with E-state index >= 15 is 0 Å². The molecule has 0 bridgehead atoms. The zero-order valence-corrected chi connectivity index (χ0v) is 18.5. The van der Waals surface area contributed by atoms with Crippen LogP contribution in [0.15, 0.2) is 48.5 Å². The van der Waals surface area contributed by atoms with E-state index in [1.165, 1.54) is 24.0 Å². The van der Waals surface area contributed by atoms with Crippen LogP contribution in [0.1, 0.15) is 24.0 Å². The third-order valence-corrected chi connectivity index (χ3v) is 5.92. The molecule has 2 N–H and O–H groups in total. The maximum Gasteiger partial charge on any atom is 0.238 e. The summed E-state index contributed by atoms with van der Waals surface area (Å²) in [4.78, 5) is 28.7. The highest BCUT2D eigenvalue weighted by atomic mass is 16.5. The van der Waals surface area contributed by atoms with Crippen molar-refractivity contribution in [3.63, 3.8) is 0 Å². The van der Waals surface area contributed by atoms with Gasteiger partial charge in [-0.05, 0) is 67.7 Å². The molecule has 0 aromatic heterocycles. The minimum Gasteiger partial charge on any atom is -0.379 e. The Bertz CT molecular complexity index is 886. The normalized spacial score (nSPS) is 17.2. The first-order valence-corrected chi connectivity index (χ1v) is 11.4. The summed E-state index contributed by atoms with van der Waals surface area (Å²) in [6, 6.07) is 16.0. The van der Waals surface area contributed by atoms with Crippen molar-refractivity contribution in [1.82, 2.24) is 9.80 Å². The topological polar surface area (TPSA) is 73.9 Å². The second kappa shape index (κ2) is 11.2. The Morgan fingerprint density at radius 2 is 1.12 bits per heavy atom. The van der Waals surface area contributed by atoms with Gasteiger partial charge in [-0.1, -0.05) is 24.3 Å². The van der Waals surface area contributed by atoms with Gasteiger partial charge >= 0.3 is 0 Å². The Morgan fingerprint density at radius 3 is 1.59 bits per heavy atom. The van der Waals surface area contributed by atoms with Gasteiger partial charge in [-0.15, -0.1) is 0 Å². The SMILES string of the molecule is O=C(CN1CCCC1)Nc1ccc(Cc2ccc(NC(=O)CN3CCOCC3)cc2)cc1. The van der Waals surface area contributed by atoms with Crippen molar-refractivity contribution in [2.45, 2.75) is 19.3 Å². The van der Waals surface area contributed by atoms with Crippen molar-refractivity contribution >= 4 is 23.2 Å². The first-order valence-electron chi connectivity index (χ1n) is 11.4. The number of nitrogens with one attached hydrogen (secondary N) is 2. The summed E-state index contributed by atoms with van der Waals surface area (Å²) >= 11 is 0. The van der Waals surface area contributed by atoms with E-state index in [4.69, 9.17) is 4.74 Å². The van der Waals surface area contributed by atoms with Gasteiger partial charge < -0.3 is 15.4 Å². The van der Waals surface area contributed by atoms with Crippen LogP contribution in [0.25, 0.3) is 0 Å². The minimum atomic E-state index is 0.00187. The van der Waals surface area contributed by atoms with Crippen LogP contribution in [0.3, 0.4) is 0 Å². The van der Waals surface area contributed by atoms with E-state index in [9.17, 15) is 9.59 Å². The molecule has 2 aliphatic rings. The van der Waals surface area contributed by atoms with Crippen LogP contribution in [-0.2, 0) is 20.7 Å². The van der Waals surface area contributed by atoms with E-state index in [0.29, 0.717) is 26.3 Å². The lowest BCUT2D eigenvalue weighted by Gasteiger charge is -2.25. The van der Waals surface area contributed by atoms with Crippen molar-refractivity contribution < 1.29 is 14.3 Å². The summed E-state index contributed by atoms with van der Waals surface area (Å²) < 4.78 is 5.32. The second-order valence-electron chi connectivity index (χ2n) is 8.54. The Balaban J connectivity index is 1.23. The van der Waals surface area contributed by atoms with Gasteiger partial charge in [0.05, 0.1) is 26.3 Å². The van der Waals surface area contributed by atoms with Gasteiger partial charge in [-0.3, -0.25) is 19.4 Å². The molecule has 2 heterocycles. The van der Waals surface area contributed by atoms with E-state index in [-0.39, 0.29) is 11.8 Å². The van der Waals surface area contributed by atoms with Crippen LogP contribution in [0, 0.1) is 0 Å². The maximum absolute atomic E-state index is 12.2. The molecule has 7 heteroatoms. The monoisotopic (exact) mass is 436 g/mol. The van der Waals surface area contributed by atoms with Gasteiger partial charge in [0.15, 0.2) is 0 Å². The molecule has 0 aliphatic carbocycles. The number of benzene rings is 2. The third-order valence-electron chi connectivity index (χ3n) is 5.92. The van der Waals surface area contributed by atoms with Crippen LogP contribution < -0.4 is 10.6 Å². The first kappa shape index (κ1) is 22.5. The highest BCUT2D eigenvalue weighted by Gasteiger charge is 2.15. The summed E-state index contributed by atoms with van der Waals surface area (Å²) in [6.07, 6.45) is 3.16. The lowest BCUT2D eigenvalue weighted by atomic mass is 10.0. The molecule has 2 fully saturated rings. The number of ether oxygens (including phenoxy) is 1. The Hall–Kier alpha value is -2.74. The van der Waals surface area contributed by atoms with Gasteiger partial charge in [0, 0.05) is 24.5 Å². The van der Waals surface area contributed by atoms with E-state index < -0.39 is 0 Å². The average molecular weight is 437 g/mol. The standard InChI is InChI=1S/C25H32N4O3/c30-24(18-28-11-1-2-12-28)26-22-7-3-20(4-8-22)17-21-5-9-23(10-6-21)27-25(31)19-29-13-15-32-16-14-29/h3-10H,1-2,11-19H2,(H,26,30)(H,27,31). The molecule has 2 amide bonds. The molecule has 0 unspecified atom stereocenters. The summed E-state index contributed by atoms with van der Waals surface area (Å²) in [5.41, 5.74) is 3.98. The van der Waals surface area contributed by atoms with E-state index in [2.05, 4.69) is 20.4 Å². The van der Waals surface area contributed by atoms with Crippen LogP contribution >= 0.6 is 0 Å². The van der Waals surface area contributed by atoms with Gasteiger partial charge in [-0.25, -0.2) is 0 Å². The van der Waals surface area contributed by atoms with Crippen LogP contribution in [-0.4, -0.2) is 74.1 Å². The molecule has 170 valence electrons. The molecular weight excluding hydrogens is 404 g/mol. The van der Waals surface area contributed by atoms with Crippen LogP contribution in [0.5, 0.6) is 0 Å². The van der Waals surface area contributed by atoms with Gasteiger partial charge in [0.1, 0.15) is 0 Å². The molecule has 7 nitrogen and oxygen atoms in total. The van der Waals surface area contributed by atoms with E-state index in [1.54, 1.807) is 0 Å². The number of likely N-dealkylation sites (tertiary alicyclic amines) is 1. The smallest absolute Gasteiger partial charge is 0.238 e. The second-order valence-corrected chi connectivity index (χ2v) is 8.54. The molecule has 32 heavy (non-hydrogen) atoms. The first-order chi connectivity index (χ1) is 15.6. The molecule has 2 saturated heterocycles. The molecule has 0 saturated carbocycles. The highest BCUT2D eigenvalue weighted by Crippen LogP contribution is 2.16. The average Bonchev–Trinajstić information content (AvgIpc) is 3.30. The molecule has 2 aromatic rings. The number of hydrogen-bond donors (Lipinski definition) is 2. The number of nitrogens with zero attached hydrogens (tertiary/aromatic N) is 2. The summed E-state index contributed by atoms with van der Waals surface area (Å²) in [7, 11) is 0. The zero-order chi connectivity index (χ0) is 22.2. The maximum atomic E-state index is 12.2. The number of hydrogen-bond acceptors (Lipinski definition) is 5. The molecule has 4 rings (SSSR count). The molecule has 0 atom stereocenters. The van der Waals surface area contributed by atoms with Crippen molar-refractivity contribution in [2.24, 2.45) is 0 Å². The Kier molecular flexibility index (Phi) is 7.87. The van der Waals surface area contributed by atoms with Crippen molar-refractivity contribution in [1.29, 1.82) is 0 Å². The molecular formula is C25H32N4O3. The fraction of sp³-hybridized carbons (Fsp3) is 0.440. The largest absolute Gasteiger partial charge is 0.379 e. The summed E-state index contributed by atoms with van der Waals surface area (Å²) in [5.74, 6) is 0.0490. The number of rotatable bonds is 8. The van der Waals surface area contributed by atoms with E-state index in [1.807, 2.05) is 48.5 Å². The van der Waals surface area contributed by atoms with Crippen molar-refractivity contribution in [3.05, 3.63) is 59.7 Å². The quantitative estimate of drug-likeness (QED) is 0.666. The number of morpholine rings is 1.